The number of aryl methyl sites for hydroxylation is 1. The summed E-state index contributed by atoms with van der Waals surface area (Å²) in [5.41, 5.74) is 1.12. The van der Waals surface area contributed by atoms with E-state index in [0.29, 0.717) is 23.9 Å². The number of halogens is 2. The molecule has 0 spiro atoms. The van der Waals surface area contributed by atoms with Crippen LogP contribution in [0.2, 0.25) is 5.02 Å². The Morgan fingerprint density at radius 3 is 2.84 bits per heavy atom. The monoisotopic (exact) mass is 343 g/mol. The van der Waals surface area contributed by atoms with Gasteiger partial charge >= 0.3 is 0 Å². The van der Waals surface area contributed by atoms with Gasteiger partial charge in [-0.15, -0.1) is 0 Å². The molecular formula is C14H15BrClNO2. The molecule has 2 aromatic rings. The smallest absolute Gasteiger partial charge is 0.146 e. The fourth-order valence-electron chi connectivity index (χ4n) is 1.74. The number of furan rings is 1. The van der Waals surface area contributed by atoms with E-state index in [1.54, 1.807) is 6.07 Å². The van der Waals surface area contributed by atoms with Gasteiger partial charge in [0.2, 0.25) is 0 Å². The molecule has 0 atom stereocenters. The quantitative estimate of drug-likeness (QED) is 0.878. The van der Waals surface area contributed by atoms with E-state index >= 15 is 0 Å². The zero-order chi connectivity index (χ0) is 13.8. The van der Waals surface area contributed by atoms with E-state index in [2.05, 4.69) is 21.2 Å². The standard InChI is InChI=1S/C14H15BrClNO2/c1-9-5-11(19-14(9)7-17-2)8-18-13-4-3-10(15)6-12(13)16/h3-6,17H,7-8H2,1-2H3. The number of hydrogen-bond acceptors (Lipinski definition) is 3. The summed E-state index contributed by atoms with van der Waals surface area (Å²) in [5.74, 6) is 2.37. The van der Waals surface area contributed by atoms with E-state index in [-0.39, 0.29) is 0 Å². The summed E-state index contributed by atoms with van der Waals surface area (Å²) < 4.78 is 12.3. The van der Waals surface area contributed by atoms with Gasteiger partial charge in [0.15, 0.2) is 0 Å². The summed E-state index contributed by atoms with van der Waals surface area (Å²) in [7, 11) is 1.89. The highest BCUT2D eigenvalue weighted by Crippen LogP contribution is 2.28. The Labute approximate surface area is 126 Å². The molecule has 19 heavy (non-hydrogen) atoms. The molecule has 1 N–H and O–H groups in total. The second-order valence-corrected chi connectivity index (χ2v) is 5.54. The van der Waals surface area contributed by atoms with Crippen molar-refractivity contribution in [3.05, 3.63) is 50.8 Å². The molecule has 1 heterocycles. The fraction of sp³-hybridized carbons (Fsp3) is 0.286. The molecule has 0 radical (unpaired) electrons. The first-order chi connectivity index (χ1) is 9.10. The maximum absolute atomic E-state index is 6.09. The maximum Gasteiger partial charge on any atom is 0.146 e. The summed E-state index contributed by atoms with van der Waals surface area (Å²) in [6.07, 6.45) is 0. The molecule has 0 aliphatic carbocycles. The third-order valence-electron chi connectivity index (χ3n) is 2.67. The molecule has 0 saturated carbocycles. The molecule has 1 aromatic carbocycles. The molecule has 0 saturated heterocycles. The van der Waals surface area contributed by atoms with Crippen molar-refractivity contribution in [1.29, 1.82) is 0 Å². The Morgan fingerprint density at radius 1 is 1.37 bits per heavy atom. The molecule has 0 aliphatic rings. The Bertz CT molecular complexity index is 569. The third kappa shape index (κ3) is 3.75. The molecule has 102 valence electrons. The van der Waals surface area contributed by atoms with Gasteiger partial charge in [0, 0.05) is 4.47 Å². The van der Waals surface area contributed by atoms with Crippen molar-refractivity contribution in [1.82, 2.24) is 5.32 Å². The van der Waals surface area contributed by atoms with E-state index < -0.39 is 0 Å². The zero-order valence-corrected chi connectivity index (χ0v) is 13.1. The Hall–Kier alpha value is -0.970. The lowest BCUT2D eigenvalue weighted by Gasteiger charge is -2.06. The highest BCUT2D eigenvalue weighted by atomic mass is 79.9. The SMILES string of the molecule is CNCc1oc(COc2ccc(Br)cc2Cl)cc1C. The van der Waals surface area contributed by atoms with Crippen LogP contribution in [0.25, 0.3) is 0 Å². The van der Waals surface area contributed by atoms with Crippen LogP contribution in [0.5, 0.6) is 5.75 Å². The van der Waals surface area contributed by atoms with Crippen molar-refractivity contribution >= 4 is 27.5 Å². The van der Waals surface area contributed by atoms with Gasteiger partial charge in [-0.1, -0.05) is 27.5 Å². The normalized spacial score (nSPS) is 10.7. The van der Waals surface area contributed by atoms with Gasteiger partial charge in [-0.05, 0) is 43.8 Å². The van der Waals surface area contributed by atoms with Crippen molar-refractivity contribution in [3.8, 4) is 5.75 Å². The number of rotatable bonds is 5. The second-order valence-electron chi connectivity index (χ2n) is 4.21. The summed E-state index contributed by atoms with van der Waals surface area (Å²) in [6, 6.07) is 7.51. The minimum Gasteiger partial charge on any atom is -0.484 e. The topological polar surface area (TPSA) is 34.4 Å². The predicted octanol–water partition coefficient (Wildman–Crippen LogP) is 4.30. The predicted molar refractivity (Wildman–Crippen MR) is 79.7 cm³/mol. The molecule has 0 bridgehead atoms. The van der Waals surface area contributed by atoms with Gasteiger partial charge in [-0.3, -0.25) is 0 Å². The van der Waals surface area contributed by atoms with Crippen LogP contribution < -0.4 is 10.1 Å². The molecule has 3 nitrogen and oxygen atoms in total. The minimum absolute atomic E-state index is 0.367. The molecule has 1 aromatic heterocycles. The molecular weight excluding hydrogens is 330 g/mol. The number of ether oxygens (including phenoxy) is 1. The van der Waals surface area contributed by atoms with Crippen molar-refractivity contribution in [2.24, 2.45) is 0 Å². The van der Waals surface area contributed by atoms with Crippen LogP contribution >= 0.6 is 27.5 Å². The molecule has 2 rings (SSSR count). The summed E-state index contributed by atoms with van der Waals surface area (Å²) in [4.78, 5) is 0. The van der Waals surface area contributed by atoms with Crippen LogP contribution in [-0.4, -0.2) is 7.05 Å². The van der Waals surface area contributed by atoms with Crippen LogP contribution in [0, 0.1) is 6.92 Å². The Balaban J connectivity index is 2.04. The van der Waals surface area contributed by atoms with Gasteiger partial charge in [0.25, 0.3) is 0 Å². The highest BCUT2D eigenvalue weighted by molar-refractivity contribution is 9.10. The number of hydrogen-bond donors (Lipinski definition) is 1. The van der Waals surface area contributed by atoms with Crippen LogP contribution in [0.4, 0.5) is 0 Å². The van der Waals surface area contributed by atoms with Gasteiger partial charge in [-0.25, -0.2) is 0 Å². The van der Waals surface area contributed by atoms with Crippen LogP contribution in [0.15, 0.2) is 33.2 Å². The molecule has 5 heteroatoms. The average Bonchev–Trinajstić information content (AvgIpc) is 2.70. The fourth-order valence-corrected chi connectivity index (χ4v) is 2.47. The lowest BCUT2D eigenvalue weighted by Crippen LogP contribution is -2.04. The maximum atomic E-state index is 6.09. The van der Waals surface area contributed by atoms with Crippen LogP contribution in [0.3, 0.4) is 0 Å². The minimum atomic E-state index is 0.367. The van der Waals surface area contributed by atoms with Crippen LogP contribution in [0.1, 0.15) is 17.1 Å². The number of nitrogens with one attached hydrogen (secondary N) is 1. The van der Waals surface area contributed by atoms with E-state index in [1.165, 1.54) is 0 Å². The average molecular weight is 345 g/mol. The molecule has 0 aliphatic heterocycles. The summed E-state index contributed by atoms with van der Waals surface area (Å²) in [5, 5.41) is 3.64. The third-order valence-corrected chi connectivity index (χ3v) is 3.46. The zero-order valence-electron chi connectivity index (χ0n) is 10.8. The largest absolute Gasteiger partial charge is 0.484 e. The van der Waals surface area contributed by atoms with E-state index in [9.17, 15) is 0 Å². The first-order valence-corrected chi connectivity index (χ1v) is 7.08. The molecule has 0 fully saturated rings. The van der Waals surface area contributed by atoms with Crippen molar-refractivity contribution < 1.29 is 9.15 Å². The Kier molecular flexibility index (Phi) is 4.91. The van der Waals surface area contributed by atoms with Gasteiger partial charge < -0.3 is 14.5 Å². The van der Waals surface area contributed by atoms with Gasteiger partial charge in [0.05, 0.1) is 11.6 Å². The van der Waals surface area contributed by atoms with Crippen molar-refractivity contribution in [2.45, 2.75) is 20.1 Å². The summed E-state index contributed by atoms with van der Waals surface area (Å²) >= 11 is 9.44. The van der Waals surface area contributed by atoms with E-state index in [0.717, 1.165) is 21.6 Å². The Morgan fingerprint density at radius 2 is 2.16 bits per heavy atom. The van der Waals surface area contributed by atoms with Gasteiger partial charge in [-0.2, -0.15) is 0 Å². The lowest BCUT2D eigenvalue weighted by atomic mass is 10.2. The first kappa shape index (κ1) is 14.4. The van der Waals surface area contributed by atoms with Crippen molar-refractivity contribution in [3.63, 3.8) is 0 Å². The van der Waals surface area contributed by atoms with E-state index in [1.807, 2.05) is 32.2 Å². The molecule has 0 amide bonds. The summed E-state index contributed by atoms with van der Waals surface area (Å²) in [6.45, 7) is 3.10. The van der Waals surface area contributed by atoms with E-state index in [4.69, 9.17) is 20.8 Å². The van der Waals surface area contributed by atoms with Crippen LogP contribution in [-0.2, 0) is 13.2 Å². The van der Waals surface area contributed by atoms with Gasteiger partial charge in [0.1, 0.15) is 23.9 Å². The lowest BCUT2D eigenvalue weighted by molar-refractivity contribution is 0.265. The second kappa shape index (κ2) is 6.46. The van der Waals surface area contributed by atoms with Crippen molar-refractivity contribution in [2.75, 3.05) is 7.05 Å². The first-order valence-electron chi connectivity index (χ1n) is 5.91. The molecule has 0 unspecified atom stereocenters. The highest BCUT2D eigenvalue weighted by Gasteiger charge is 2.08. The number of benzene rings is 1.